The van der Waals surface area contributed by atoms with Gasteiger partial charge in [0.2, 0.25) is 5.88 Å². The van der Waals surface area contributed by atoms with Crippen LogP contribution in [0.2, 0.25) is 0 Å². The van der Waals surface area contributed by atoms with Crippen LogP contribution in [0.25, 0.3) is 0 Å². The first kappa shape index (κ1) is 15.7. The molecule has 0 aliphatic rings. The molecule has 1 heterocycles. The highest BCUT2D eigenvalue weighted by molar-refractivity contribution is 5.38. The van der Waals surface area contributed by atoms with E-state index in [2.05, 4.69) is 27.1 Å². The molecule has 0 atom stereocenters. The summed E-state index contributed by atoms with van der Waals surface area (Å²) >= 11 is 0. The molecule has 0 bridgehead atoms. The van der Waals surface area contributed by atoms with Gasteiger partial charge >= 0.3 is 0 Å². The number of nitrogens with zero attached hydrogens (tertiary/aromatic N) is 3. The van der Waals surface area contributed by atoms with E-state index in [1.54, 1.807) is 7.11 Å². The monoisotopic (exact) mass is 268 g/mol. The van der Waals surface area contributed by atoms with Crippen molar-refractivity contribution in [1.82, 2.24) is 14.9 Å². The summed E-state index contributed by atoms with van der Waals surface area (Å²) in [6.45, 7) is 4.82. The van der Waals surface area contributed by atoms with E-state index in [4.69, 9.17) is 9.47 Å². The van der Waals surface area contributed by atoms with Gasteiger partial charge in [0.05, 0.1) is 0 Å². The van der Waals surface area contributed by atoms with Gasteiger partial charge in [-0.25, -0.2) is 4.98 Å². The van der Waals surface area contributed by atoms with E-state index in [0.717, 1.165) is 25.3 Å². The van der Waals surface area contributed by atoms with Gasteiger partial charge in [-0.1, -0.05) is 6.92 Å². The van der Waals surface area contributed by atoms with Crippen LogP contribution in [0.3, 0.4) is 0 Å². The van der Waals surface area contributed by atoms with E-state index in [9.17, 15) is 0 Å². The number of aromatic nitrogens is 2. The molecule has 1 aromatic rings. The number of hydrogen-bond donors (Lipinski definition) is 1. The number of nitrogens with one attached hydrogen (secondary N) is 1. The minimum atomic E-state index is 0.381. The first-order valence-electron chi connectivity index (χ1n) is 6.54. The van der Waals surface area contributed by atoms with E-state index in [1.807, 2.05) is 20.2 Å². The Kier molecular flexibility index (Phi) is 7.14. The summed E-state index contributed by atoms with van der Waals surface area (Å²) in [6, 6.07) is 1.82. The predicted octanol–water partition coefficient (Wildman–Crippen LogP) is 1.39. The minimum Gasteiger partial charge on any atom is -0.476 e. The Hall–Kier alpha value is -1.40. The molecule has 1 N–H and O–H groups in total. The summed E-state index contributed by atoms with van der Waals surface area (Å²) in [5.41, 5.74) is 0. The SMILES string of the molecule is CCCNc1cc(OCCN(C)C)nc(COC)n1. The van der Waals surface area contributed by atoms with Crippen molar-refractivity contribution in [3.8, 4) is 5.88 Å². The van der Waals surface area contributed by atoms with E-state index in [0.29, 0.717) is 24.9 Å². The Morgan fingerprint density at radius 2 is 2.11 bits per heavy atom. The van der Waals surface area contributed by atoms with E-state index < -0.39 is 0 Å². The Balaban J connectivity index is 2.68. The van der Waals surface area contributed by atoms with Crippen LogP contribution in [0.15, 0.2) is 6.07 Å². The van der Waals surface area contributed by atoms with Crippen molar-refractivity contribution in [2.24, 2.45) is 0 Å². The summed E-state index contributed by atoms with van der Waals surface area (Å²) in [4.78, 5) is 10.7. The first-order chi connectivity index (χ1) is 9.15. The summed E-state index contributed by atoms with van der Waals surface area (Å²) in [7, 11) is 5.64. The molecular formula is C13H24N4O2. The molecule has 0 spiro atoms. The van der Waals surface area contributed by atoms with Crippen molar-refractivity contribution in [2.45, 2.75) is 20.0 Å². The molecule has 0 unspecified atom stereocenters. The average Bonchev–Trinajstić information content (AvgIpc) is 2.36. The van der Waals surface area contributed by atoms with Crippen molar-refractivity contribution in [2.75, 3.05) is 46.2 Å². The van der Waals surface area contributed by atoms with Gasteiger partial charge in [-0.05, 0) is 20.5 Å². The third-order valence-corrected chi connectivity index (χ3v) is 2.37. The topological polar surface area (TPSA) is 59.5 Å². The Labute approximate surface area is 115 Å². The van der Waals surface area contributed by atoms with E-state index in [-0.39, 0.29) is 0 Å². The fraction of sp³-hybridized carbons (Fsp3) is 0.692. The lowest BCUT2D eigenvalue weighted by atomic mass is 10.4. The van der Waals surface area contributed by atoms with E-state index >= 15 is 0 Å². The molecule has 0 fully saturated rings. The Morgan fingerprint density at radius 1 is 1.32 bits per heavy atom. The largest absolute Gasteiger partial charge is 0.476 e. The van der Waals surface area contributed by atoms with Crippen LogP contribution >= 0.6 is 0 Å². The lowest BCUT2D eigenvalue weighted by Crippen LogP contribution is -2.20. The molecular weight excluding hydrogens is 244 g/mol. The van der Waals surface area contributed by atoms with Crippen molar-refractivity contribution in [3.05, 3.63) is 11.9 Å². The molecule has 1 rings (SSSR count). The number of rotatable bonds is 9. The van der Waals surface area contributed by atoms with Gasteiger partial charge in [0.1, 0.15) is 19.0 Å². The zero-order chi connectivity index (χ0) is 14.1. The predicted molar refractivity (Wildman–Crippen MR) is 75.6 cm³/mol. The van der Waals surface area contributed by atoms with Gasteiger partial charge in [-0.15, -0.1) is 0 Å². The molecule has 0 amide bonds. The fourth-order valence-corrected chi connectivity index (χ4v) is 1.42. The third kappa shape index (κ3) is 6.35. The van der Waals surface area contributed by atoms with Gasteiger partial charge in [0, 0.05) is 26.3 Å². The molecule has 0 radical (unpaired) electrons. The molecule has 1 aromatic heterocycles. The zero-order valence-corrected chi connectivity index (χ0v) is 12.3. The average molecular weight is 268 g/mol. The number of methoxy groups -OCH3 is 1. The van der Waals surface area contributed by atoms with Crippen LogP contribution in [-0.4, -0.2) is 55.8 Å². The molecule has 0 aliphatic heterocycles. The standard InChI is InChI=1S/C13H24N4O2/c1-5-6-14-11-9-13(19-8-7-17(2)3)16-12(15-11)10-18-4/h9H,5-8,10H2,1-4H3,(H,14,15,16). The first-order valence-corrected chi connectivity index (χ1v) is 6.54. The normalized spacial score (nSPS) is 10.8. The minimum absolute atomic E-state index is 0.381. The lowest BCUT2D eigenvalue weighted by molar-refractivity contribution is 0.176. The molecule has 108 valence electrons. The van der Waals surface area contributed by atoms with Gasteiger partial charge in [-0.2, -0.15) is 4.98 Å². The molecule has 19 heavy (non-hydrogen) atoms. The molecule has 0 saturated carbocycles. The van der Waals surface area contributed by atoms with Gasteiger partial charge in [-0.3, -0.25) is 0 Å². The molecule has 6 nitrogen and oxygen atoms in total. The zero-order valence-electron chi connectivity index (χ0n) is 12.3. The van der Waals surface area contributed by atoms with Gasteiger partial charge < -0.3 is 19.7 Å². The fourth-order valence-electron chi connectivity index (χ4n) is 1.42. The maximum atomic E-state index is 5.64. The van der Waals surface area contributed by atoms with Crippen LogP contribution in [0, 0.1) is 0 Å². The number of hydrogen-bond acceptors (Lipinski definition) is 6. The van der Waals surface area contributed by atoms with Crippen LogP contribution in [0.5, 0.6) is 5.88 Å². The quantitative estimate of drug-likeness (QED) is 0.730. The second kappa shape index (κ2) is 8.66. The summed E-state index contributed by atoms with van der Waals surface area (Å²) in [5, 5.41) is 3.24. The van der Waals surface area contributed by atoms with Gasteiger partial charge in [0.25, 0.3) is 0 Å². The number of ether oxygens (including phenoxy) is 2. The van der Waals surface area contributed by atoms with Gasteiger partial charge in [0.15, 0.2) is 5.82 Å². The van der Waals surface area contributed by atoms with Crippen molar-refractivity contribution in [1.29, 1.82) is 0 Å². The highest BCUT2D eigenvalue weighted by Gasteiger charge is 2.05. The lowest BCUT2D eigenvalue weighted by Gasteiger charge is -2.12. The third-order valence-electron chi connectivity index (χ3n) is 2.37. The maximum Gasteiger partial charge on any atom is 0.218 e. The second-order valence-electron chi connectivity index (χ2n) is 4.52. The van der Waals surface area contributed by atoms with Crippen LogP contribution in [0.1, 0.15) is 19.2 Å². The van der Waals surface area contributed by atoms with Crippen LogP contribution < -0.4 is 10.1 Å². The molecule has 0 saturated heterocycles. The maximum absolute atomic E-state index is 5.64. The highest BCUT2D eigenvalue weighted by atomic mass is 16.5. The Morgan fingerprint density at radius 3 is 2.74 bits per heavy atom. The molecule has 0 aliphatic carbocycles. The summed E-state index contributed by atoms with van der Waals surface area (Å²) in [5.74, 6) is 2.00. The van der Waals surface area contributed by atoms with Crippen molar-refractivity contribution < 1.29 is 9.47 Å². The molecule has 0 aromatic carbocycles. The number of likely N-dealkylation sites (N-methyl/N-ethyl adjacent to an activating group) is 1. The van der Waals surface area contributed by atoms with Crippen molar-refractivity contribution in [3.63, 3.8) is 0 Å². The van der Waals surface area contributed by atoms with Crippen LogP contribution in [-0.2, 0) is 11.3 Å². The van der Waals surface area contributed by atoms with Crippen LogP contribution in [0.4, 0.5) is 5.82 Å². The second-order valence-corrected chi connectivity index (χ2v) is 4.52. The van der Waals surface area contributed by atoms with Crippen molar-refractivity contribution >= 4 is 5.82 Å². The Bertz CT molecular complexity index is 372. The highest BCUT2D eigenvalue weighted by Crippen LogP contribution is 2.14. The number of anilines is 1. The molecule has 6 heteroatoms. The summed E-state index contributed by atoms with van der Waals surface area (Å²) < 4.78 is 10.7. The van der Waals surface area contributed by atoms with E-state index in [1.165, 1.54) is 0 Å². The smallest absolute Gasteiger partial charge is 0.218 e. The summed E-state index contributed by atoms with van der Waals surface area (Å²) in [6.07, 6.45) is 1.04.